The molecular weight excluding hydrogens is 334 g/mol. The van der Waals surface area contributed by atoms with Crippen molar-refractivity contribution in [3.63, 3.8) is 0 Å². The van der Waals surface area contributed by atoms with Crippen molar-refractivity contribution in [2.45, 2.75) is 20.0 Å². The van der Waals surface area contributed by atoms with E-state index in [1.807, 2.05) is 42.5 Å². The number of nitrogens with zero attached hydrogens (tertiary/aromatic N) is 1. The van der Waals surface area contributed by atoms with Gasteiger partial charge in [-0.15, -0.1) is 0 Å². The van der Waals surface area contributed by atoms with Crippen molar-refractivity contribution >= 4 is 34.4 Å². The minimum absolute atomic E-state index is 0. The number of carbonyl (C=O) groups is 1. The van der Waals surface area contributed by atoms with Crippen LogP contribution in [0.2, 0.25) is 5.02 Å². The molecule has 3 rings (SSSR count). The van der Waals surface area contributed by atoms with Gasteiger partial charge in [-0.05, 0) is 31.2 Å². The van der Waals surface area contributed by atoms with E-state index < -0.39 is 12.1 Å². The van der Waals surface area contributed by atoms with Gasteiger partial charge in [0.2, 0.25) is 0 Å². The Hall–Kier alpha value is -2.28. The maximum absolute atomic E-state index is 10.9. The molecule has 24 heavy (non-hydrogen) atoms. The van der Waals surface area contributed by atoms with Crippen molar-refractivity contribution in [2.75, 3.05) is 11.6 Å². The summed E-state index contributed by atoms with van der Waals surface area (Å²) in [6, 6.07) is 14.7. The Morgan fingerprint density at radius 3 is 2.33 bits per heavy atom. The van der Waals surface area contributed by atoms with Crippen molar-refractivity contribution in [1.29, 1.82) is 0 Å². The third kappa shape index (κ3) is 5.73. The molecule has 0 fully saturated rings. The lowest BCUT2D eigenvalue weighted by molar-refractivity contribution is -0.142. The summed E-state index contributed by atoms with van der Waals surface area (Å²) in [6.07, 6.45) is -0.565. The third-order valence-electron chi connectivity index (χ3n) is 2.84. The number of anilines is 1. The zero-order valence-corrected chi connectivity index (χ0v) is 14.2. The van der Waals surface area contributed by atoms with Gasteiger partial charge in [-0.3, -0.25) is 4.79 Å². The van der Waals surface area contributed by atoms with Gasteiger partial charge in [0, 0.05) is 13.0 Å². The molecule has 6 nitrogen and oxygen atoms in total. The van der Waals surface area contributed by atoms with E-state index in [2.05, 4.69) is 0 Å². The molecule has 0 saturated heterocycles. The van der Waals surface area contributed by atoms with E-state index in [1.54, 1.807) is 13.0 Å². The molecule has 0 aliphatic rings. The number of halogens is 1. The van der Waals surface area contributed by atoms with E-state index >= 15 is 0 Å². The number of hydrogen-bond acceptors (Lipinski definition) is 5. The smallest absolute Gasteiger partial charge is 0.329 e. The van der Waals surface area contributed by atoms with Crippen LogP contribution in [-0.4, -0.2) is 29.2 Å². The Kier molecular flexibility index (Phi) is 7.51. The summed E-state index contributed by atoms with van der Waals surface area (Å²) in [4.78, 5) is 15.8. The van der Waals surface area contributed by atoms with E-state index in [1.165, 1.54) is 12.0 Å². The SMILES string of the molecule is CC(=O)ON(CC(C)O)c1ccccc1.Clc1cc2ccc1o2.O. The van der Waals surface area contributed by atoms with Crippen molar-refractivity contribution < 1.29 is 24.6 Å². The second kappa shape index (κ2) is 9.12. The Labute approximate surface area is 144 Å². The van der Waals surface area contributed by atoms with Gasteiger partial charge in [0.05, 0.1) is 23.4 Å². The van der Waals surface area contributed by atoms with Gasteiger partial charge in [-0.1, -0.05) is 29.8 Å². The van der Waals surface area contributed by atoms with Crippen LogP contribution in [0.3, 0.4) is 0 Å². The van der Waals surface area contributed by atoms with E-state index in [-0.39, 0.29) is 12.0 Å². The highest BCUT2D eigenvalue weighted by Crippen LogP contribution is 2.25. The summed E-state index contributed by atoms with van der Waals surface area (Å²) in [6.45, 7) is 3.22. The minimum atomic E-state index is -0.565. The maximum atomic E-state index is 10.9. The van der Waals surface area contributed by atoms with Gasteiger partial charge in [0.25, 0.3) is 0 Å². The fraction of sp³-hybridized carbons (Fsp3) is 0.235. The first-order valence-corrected chi connectivity index (χ1v) is 7.50. The van der Waals surface area contributed by atoms with Crippen LogP contribution in [0.15, 0.2) is 52.9 Å². The van der Waals surface area contributed by atoms with Crippen LogP contribution in [0, 0.1) is 0 Å². The second-order valence-corrected chi connectivity index (χ2v) is 5.43. The van der Waals surface area contributed by atoms with Crippen LogP contribution in [-0.2, 0) is 9.63 Å². The lowest BCUT2D eigenvalue weighted by Gasteiger charge is -2.23. The van der Waals surface area contributed by atoms with Gasteiger partial charge in [-0.25, -0.2) is 5.06 Å². The van der Waals surface area contributed by atoms with Crippen molar-refractivity contribution in [1.82, 2.24) is 0 Å². The number of benzene rings is 2. The van der Waals surface area contributed by atoms with E-state index in [0.717, 1.165) is 16.9 Å². The standard InChI is InChI=1S/C11H15NO3.C6H3ClO.H2O/c1-9(13)8-12(15-10(2)14)11-6-4-3-5-7-11;7-5-3-4-1-2-6(5)8-4;/h3-7,9,13H,8H2,1-2H3;1-3H;1H2. The number of hydrogen-bond donors (Lipinski definition) is 1. The summed E-state index contributed by atoms with van der Waals surface area (Å²) >= 11 is 5.64. The van der Waals surface area contributed by atoms with Gasteiger partial charge in [0.15, 0.2) is 0 Å². The van der Waals surface area contributed by atoms with Gasteiger partial charge in [0.1, 0.15) is 11.2 Å². The van der Waals surface area contributed by atoms with Crippen LogP contribution in [0.1, 0.15) is 13.8 Å². The lowest BCUT2D eigenvalue weighted by Crippen LogP contribution is -2.32. The number of aliphatic hydroxyl groups is 1. The van der Waals surface area contributed by atoms with E-state index in [0.29, 0.717) is 5.02 Å². The number of fused-ring (bicyclic) bond motifs is 2. The fourth-order valence-corrected chi connectivity index (χ4v) is 2.15. The molecule has 3 aromatic rings. The highest BCUT2D eigenvalue weighted by Gasteiger charge is 2.12. The predicted octanol–water partition coefficient (Wildman–Crippen LogP) is 3.05. The topological polar surface area (TPSA) is 94.4 Å². The third-order valence-corrected chi connectivity index (χ3v) is 3.14. The Bertz CT molecular complexity index is 728. The first-order chi connectivity index (χ1) is 11.0. The van der Waals surface area contributed by atoms with Gasteiger partial charge >= 0.3 is 5.97 Å². The summed E-state index contributed by atoms with van der Waals surface area (Å²) in [5, 5.41) is 11.4. The number of furan rings is 2. The average molecular weight is 354 g/mol. The molecular formula is C17H20ClNO5. The van der Waals surface area contributed by atoms with Gasteiger partial charge in [-0.2, -0.15) is 0 Å². The van der Waals surface area contributed by atoms with Crippen LogP contribution in [0.4, 0.5) is 5.69 Å². The van der Waals surface area contributed by atoms with E-state index in [4.69, 9.17) is 20.9 Å². The van der Waals surface area contributed by atoms with Crippen molar-refractivity contribution in [3.8, 4) is 0 Å². The molecule has 2 aromatic heterocycles. The average Bonchev–Trinajstić information content (AvgIpc) is 3.09. The highest BCUT2D eigenvalue weighted by atomic mass is 35.5. The van der Waals surface area contributed by atoms with Crippen LogP contribution in [0.5, 0.6) is 0 Å². The molecule has 0 aliphatic carbocycles. The first-order valence-electron chi connectivity index (χ1n) is 7.12. The Morgan fingerprint density at radius 1 is 1.29 bits per heavy atom. The molecule has 3 N–H and O–H groups in total. The fourth-order valence-electron chi connectivity index (χ4n) is 1.94. The van der Waals surface area contributed by atoms with Crippen LogP contribution < -0.4 is 5.06 Å². The monoisotopic (exact) mass is 353 g/mol. The van der Waals surface area contributed by atoms with E-state index in [9.17, 15) is 9.90 Å². The molecule has 7 heteroatoms. The Morgan fingerprint density at radius 2 is 1.96 bits per heavy atom. The number of rotatable bonds is 4. The number of carbonyl (C=O) groups excluding carboxylic acids is 1. The normalized spacial score (nSPS) is 11.2. The molecule has 1 aromatic carbocycles. The zero-order valence-electron chi connectivity index (χ0n) is 13.4. The molecule has 1 atom stereocenters. The summed E-state index contributed by atoms with van der Waals surface area (Å²) in [5.74, 6) is -0.403. The van der Waals surface area contributed by atoms with Crippen molar-refractivity contribution in [2.24, 2.45) is 0 Å². The Balaban J connectivity index is 0.000000267. The molecule has 0 spiro atoms. The lowest BCUT2D eigenvalue weighted by atomic mass is 10.3. The predicted molar refractivity (Wildman–Crippen MR) is 93.3 cm³/mol. The largest absolute Gasteiger partial charge is 0.456 e. The zero-order chi connectivity index (χ0) is 16.8. The number of hydroxylamine groups is 1. The molecule has 0 amide bonds. The first kappa shape index (κ1) is 19.8. The molecule has 1 unspecified atom stereocenters. The number of para-hydroxylation sites is 1. The maximum Gasteiger partial charge on any atom is 0.329 e. The highest BCUT2D eigenvalue weighted by molar-refractivity contribution is 6.34. The van der Waals surface area contributed by atoms with Crippen molar-refractivity contribution in [3.05, 3.63) is 53.6 Å². The number of aliphatic hydroxyl groups excluding tert-OH is 1. The molecule has 2 bridgehead atoms. The molecule has 0 saturated carbocycles. The quantitative estimate of drug-likeness (QED) is 0.727. The summed E-state index contributed by atoms with van der Waals surface area (Å²) in [5.41, 5.74) is 2.38. The summed E-state index contributed by atoms with van der Waals surface area (Å²) < 4.78 is 5.08. The molecule has 0 radical (unpaired) electrons. The van der Waals surface area contributed by atoms with Crippen LogP contribution >= 0.6 is 11.6 Å². The minimum Gasteiger partial charge on any atom is -0.456 e. The van der Waals surface area contributed by atoms with Gasteiger partial charge < -0.3 is 19.8 Å². The molecule has 130 valence electrons. The van der Waals surface area contributed by atoms with Crippen LogP contribution in [0.25, 0.3) is 11.2 Å². The second-order valence-electron chi connectivity index (χ2n) is 5.02. The molecule has 0 aliphatic heterocycles. The summed E-state index contributed by atoms with van der Waals surface area (Å²) in [7, 11) is 0. The molecule has 2 heterocycles.